The number of thiocarbonyl (C=S) groups is 1. The van der Waals surface area contributed by atoms with E-state index in [0.29, 0.717) is 21.5 Å². The smallest absolute Gasteiger partial charge is 0.175 e. The molecule has 0 heterocycles. The summed E-state index contributed by atoms with van der Waals surface area (Å²) in [6.45, 7) is 2.04. The number of carbonyl (C=O) groups excluding carboxylic acids is 1. The van der Waals surface area contributed by atoms with Crippen LogP contribution in [0.5, 0.6) is 0 Å². The Balaban J connectivity index is 1.55. The van der Waals surface area contributed by atoms with Gasteiger partial charge in [-0.25, -0.2) is 0 Å². The van der Waals surface area contributed by atoms with Gasteiger partial charge >= 0.3 is 0 Å². The summed E-state index contributed by atoms with van der Waals surface area (Å²) in [6.07, 6.45) is 0. The van der Waals surface area contributed by atoms with Gasteiger partial charge in [0.05, 0.1) is 5.75 Å². The average Bonchev–Trinajstić information content (AvgIpc) is 2.69. The fourth-order valence-electron chi connectivity index (χ4n) is 2.46. The highest BCUT2D eigenvalue weighted by molar-refractivity contribution is 8.00. The van der Waals surface area contributed by atoms with Gasteiger partial charge in [-0.05, 0) is 73.7 Å². The molecule has 0 aliphatic rings. The summed E-state index contributed by atoms with van der Waals surface area (Å²) < 4.78 is 0. The van der Waals surface area contributed by atoms with Crippen LogP contribution in [0.4, 0.5) is 11.4 Å². The van der Waals surface area contributed by atoms with Crippen LogP contribution in [0.2, 0.25) is 5.02 Å². The van der Waals surface area contributed by atoms with Crippen LogP contribution in [0.3, 0.4) is 0 Å². The lowest BCUT2D eigenvalue weighted by Gasteiger charge is -2.11. The highest BCUT2D eigenvalue weighted by Crippen LogP contribution is 2.23. The molecule has 0 bridgehead atoms. The zero-order chi connectivity index (χ0) is 19.9. The second kappa shape index (κ2) is 9.73. The number of rotatable bonds is 6. The summed E-state index contributed by atoms with van der Waals surface area (Å²) >= 11 is 12.7. The third-order valence-corrected chi connectivity index (χ3v) is 5.39. The number of aryl methyl sites for hydroxylation is 1. The fourth-order valence-corrected chi connectivity index (χ4v) is 3.67. The van der Waals surface area contributed by atoms with E-state index in [1.165, 1.54) is 17.3 Å². The number of hydrogen-bond acceptors (Lipinski definition) is 3. The van der Waals surface area contributed by atoms with Crippen LogP contribution < -0.4 is 10.6 Å². The Kier molecular flexibility index (Phi) is 7.09. The van der Waals surface area contributed by atoms with Crippen LogP contribution in [0.1, 0.15) is 15.9 Å². The molecule has 0 aromatic heterocycles. The molecule has 6 heteroatoms. The molecular weight excluding hydrogens is 408 g/mol. The molecule has 0 aliphatic carbocycles. The number of carbonyl (C=O) groups is 1. The Morgan fingerprint density at radius 3 is 2.36 bits per heavy atom. The van der Waals surface area contributed by atoms with Gasteiger partial charge in [0.25, 0.3) is 0 Å². The number of ketones is 1. The topological polar surface area (TPSA) is 41.1 Å². The summed E-state index contributed by atoms with van der Waals surface area (Å²) in [7, 11) is 0. The summed E-state index contributed by atoms with van der Waals surface area (Å²) in [5.41, 5.74) is 3.66. The van der Waals surface area contributed by atoms with Crippen LogP contribution >= 0.6 is 35.6 Å². The molecule has 3 aromatic rings. The van der Waals surface area contributed by atoms with Crippen LogP contribution in [-0.2, 0) is 0 Å². The predicted molar refractivity (Wildman–Crippen MR) is 124 cm³/mol. The zero-order valence-electron chi connectivity index (χ0n) is 15.2. The minimum absolute atomic E-state index is 0.0663. The van der Waals surface area contributed by atoms with Gasteiger partial charge in [0.15, 0.2) is 10.9 Å². The molecule has 0 aliphatic heterocycles. The molecule has 3 nitrogen and oxygen atoms in total. The van der Waals surface area contributed by atoms with Crippen LogP contribution in [0, 0.1) is 6.92 Å². The maximum absolute atomic E-state index is 12.3. The van der Waals surface area contributed by atoms with Crippen molar-refractivity contribution in [3.05, 3.63) is 88.9 Å². The fraction of sp³-hybridized carbons (Fsp3) is 0.0909. The molecule has 0 spiro atoms. The lowest BCUT2D eigenvalue weighted by Crippen LogP contribution is -2.18. The maximum atomic E-state index is 12.3. The second-order valence-corrected chi connectivity index (χ2v) is 8.09. The lowest BCUT2D eigenvalue weighted by molar-refractivity contribution is 0.102. The Bertz CT molecular complexity index is 973. The van der Waals surface area contributed by atoms with Gasteiger partial charge in [-0.2, -0.15) is 0 Å². The van der Waals surface area contributed by atoms with Crippen molar-refractivity contribution in [1.29, 1.82) is 0 Å². The van der Waals surface area contributed by atoms with E-state index in [1.54, 1.807) is 24.3 Å². The third-order valence-electron chi connectivity index (χ3n) is 3.94. The molecule has 2 N–H and O–H groups in total. The molecule has 3 rings (SSSR count). The Hall–Kier alpha value is -2.34. The van der Waals surface area contributed by atoms with E-state index < -0.39 is 0 Å². The van der Waals surface area contributed by atoms with Crippen molar-refractivity contribution in [2.75, 3.05) is 16.4 Å². The molecule has 0 atom stereocenters. The van der Waals surface area contributed by atoms with Gasteiger partial charge in [-0.1, -0.05) is 35.4 Å². The van der Waals surface area contributed by atoms with Gasteiger partial charge in [0.2, 0.25) is 0 Å². The first-order chi connectivity index (χ1) is 13.5. The van der Waals surface area contributed by atoms with E-state index in [1.807, 2.05) is 55.5 Å². The SMILES string of the molecule is Cc1ccc(NC(=S)Nc2cccc(SCC(=O)c3ccc(Cl)cc3)c2)cc1. The maximum Gasteiger partial charge on any atom is 0.175 e. The van der Waals surface area contributed by atoms with Crippen molar-refractivity contribution in [3.8, 4) is 0 Å². The van der Waals surface area contributed by atoms with Crippen LogP contribution in [0.15, 0.2) is 77.7 Å². The zero-order valence-corrected chi connectivity index (χ0v) is 17.6. The molecular formula is C22H19ClN2OS2. The van der Waals surface area contributed by atoms with E-state index in [2.05, 4.69) is 10.6 Å². The summed E-state index contributed by atoms with van der Waals surface area (Å²) in [4.78, 5) is 13.3. The highest BCUT2D eigenvalue weighted by atomic mass is 35.5. The van der Waals surface area contributed by atoms with Gasteiger partial charge in [0.1, 0.15) is 0 Å². The summed E-state index contributed by atoms with van der Waals surface area (Å²) in [5.74, 6) is 0.425. The molecule has 142 valence electrons. The first-order valence-electron chi connectivity index (χ1n) is 8.66. The van der Waals surface area contributed by atoms with Crippen molar-refractivity contribution in [2.24, 2.45) is 0 Å². The number of nitrogens with one attached hydrogen (secondary N) is 2. The molecule has 0 saturated carbocycles. The monoisotopic (exact) mass is 426 g/mol. The minimum Gasteiger partial charge on any atom is -0.332 e. The Labute approximate surface area is 179 Å². The normalized spacial score (nSPS) is 10.4. The van der Waals surface area contributed by atoms with E-state index in [-0.39, 0.29) is 5.78 Å². The largest absolute Gasteiger partial charge is 0.332 e. The van der Waals surface area contributed by atoms with Gasteiger partial charge < -0.3 is 10.6 Å². The third kappa shape index (κ3) is 6.09. The van der Waals surface area contributed by atoms with Crippen LogP contribution in [0.25, 0.3) is 0 Å². The highest BCUT2D eigenvalue weighted by Gasteiger charge is 2.07. The minimum atomic E-state index is 0.0663. The molecule has 28 heavy (non-hydrogen) atoms. The molecule has 3 aromatic carbocycles. The first-order valence-corrected chi connectivity index (χ1v) is 10.4. The number of Topliss-reactive ketones (excluding diaryl/α,β-unsaturated/α-hetero) is 1. The molecule has 0 amide bonds. The van der Waals surface area contributed by atoms with Crippen molar-refractivity contribution in [2.45, 2.75) is 11.8 Å². The van der Waals surface area contributed by atoms with Crippen molar-refractivity contribution >= 4 is 57.9 Å². The first kappa shape index (κ1) is 20.4. The number of halogens is 1. The molecule has 0 unspecified atom stereocenters. The Morgan fingerprint density at radius 1 is 0.964 bits per heavy atom. The van der Waals surface area contributed by atoms with Crippen molar-refractivity contribution in [1.82, 2.24) is 0 Å². The van der Waals surface area contributed by atoms with E-state index in [4.69, 9.17) is 23.8 Å². The van der Waals surface area contributed by atoms with E-state index in [0.717, 1.165) is 16.3 Å². The standard InChI is InChI=1S/C22H19ClN2OS2/c1-15-5-11-18(12-6-15)24-22(27)25-19-3-2-4-20(13-19)28-14-21(26)16-7-9-17(23)10-8-16/h2-13H,14H2,1H3,(H2,24,25,27). The van der Waals surface area contributed by atoms with Gasteiger partial charge in [-0.3, -0.25) is 4.79 Å². The number of anilines is 2. The second-order valence-electron chi connectivity index (χ2n) is 6.19. The molecule has 0 radical (unpaired) electrons. The Morgan fingerprint density at radius 2 is 1.64 bits per heavy atom. The van der Waals surface area contributed by atoms with Crippen LogP contribution in [-0.4, -0.2) is 16.6 Å². The van der Waals surface area contributed by atoms with E-state index >= 15 is 0 Å². The summed E-state index contributed by atoms with van der Waals surface area (Å²) in [5, 5.41) is 7.48. The number of thioether (sulfide) groups is 1. The average molecular weight is 427 g/mol. The van der Waals surface area contributed by atoms with Crippen molar-refractivity contribution < 1.29 is 4.79 Å². The quantitative estimate of drug-likeness (QED) is 0.270. The predicted octanol–water partition coefficient (Wildman–Crippen LogP) is 6.43. The van der Waals surface area contributed by atoms with Gasteiger partial charge in [0, 0.05) is 26.9 Å². The van der Waals surface area contributed by atoms with Crippen molar-refractivity contribution in [3.63, 3.8) is 0 Å². The van der Waals surface area contributed by atoms with Gasteiger partial charge in [-0.15, -0.1) is 11.8 Å². The summed E-state index contributed by atoms with van der Waals surface area (Å²) in [6, 6.07) is 22.8. The number of hydrogen-bond donors (Lipinski definition) is 2. The lowest BCUT2D eigenvalue weighted by atomic mass is 10.1. The molecule has 0 saturated heterocycles. The van der Waals surface area contributed by atoms with E-state index in [9.17, 15) is 4.79 Å². The number of benzene rings is 3. The molecule has 0 fully saturated rings.